The summed E-state index contributed by atoms with van der Waals surface area (Å²) in [5.41, 5.74) is 4.96. The van der Waals surface area contributed by atoms with Crippen molar-refractivity contribution >= 4 is 33.2 Å². The predicted octanol–water partition coefficient (Wildman–Crippen LogP) is 3.74. The van der Waals surface area contributed by atoms with Crippen LogP contribution >= 0.6 is 0 Å². The summed E-state index contributed by atoms with van der Waals surface area (Å²) in [7, 11) is -4.01. The van der Waals surface area contributed by atoms with Crippen molar-refractivity contribution < 1.29 is 18.0 Å². The number of amides is 2. The number of nitrogens with one attached hydrogen (secondary N) is 2. The van der Waals surface area contributed by atoms with Gasteiger partial charge in [-0.1, -0.05) is 42.5 Å². The molecular formula is C27H29N3O4S. The minimum absolute atomic E-state index is 0.0687. The number of hydrogen-bond acceptors (Lipinski definition) is 4. The number of fused-ring (bicyclic) bond motifs is 1. The molecule has 0 aromatic heterocycles. The van der Waals surface area contributed by atoms with E-state index in [-0.39, 0.29) is 17.2 Å². The second-order valence-electron chi connectivity index (χ2n) is 8.81. The largest absolute Gasteiger partial charge is 0.324 e. The fraction of sp³-hybridized carbons (Fsp3) is 0.259. The van der Waals surface area contributed by atoms with Crippen LogP contribution in [0, 0.1) is 13.8 Å². The first kappa shape index (κ1) is 24.6. The van der Waals surface area contributed by atoms with Crippen molar-refractivity contribution in [1.82, 2.24) is 4.72 Å². The van der Waals surface area contributed by atoms with Gasteiger partial charge in [0.2, 0.25) is 21.8 Å². The molecule has 0 saturated carbocycles. The third-order valence-electron chi connectivity index (χ3n) is 6.40. The lowest BCUT2D eigenvalue weighted by atomic mass is 10.0. The number of rotatable bonds is 7. The minimum Gasteiger partial charge on any atom is -0.324 e. The Labute approximate surface area is 206 Å². The van der Waals surface area contributed by atoms with Gasteiger partial charge in [0.25, 0.3) is 0 Å². The number of benzene rings is 3. The fourth-order valence-electron chi connectivity index (χ4n) is 4.27. The van der Waals surface area contributed by atoms with E-state index in [1.807, 2.05) is 56.3 Å². The van der Waals surface area contributed by atoms with Gasteiger partial charge in [-0.3, -0.25) is 9.59 Å². The van der Waals surface area contributed by atoms with Crippen LogP contribution in [0.4, 0.5) is 11.4 Å². The number of hydrogen-bond donors (Lipinski definition) is 2. The summed E-state index contributed by atoms with van der Waals surface area (Å²) in [4.78, 5) is 26.8. The van der Waals surface area contributed by atoms with E-state index in [1.54, 1.807) is 23.1 Å². The molecule has 35 heavy (non-hydrogen) atoms. The van der Waals surface area contributed by atoms with Crippen LogP contribution in [-0.4, -0.2) is 32.8 Å². The lowest BCUT2D eigenvalue weighted by molar-refractivity contribution is -0.118. The predicted molar refractivity (Wildman–Crippen MR) is 137 cm³/mol. The Bertz CT molecular complexity index is 1370. The summed E-state index contributed by atoms with van der Waals surface area (Å²) in [6.45, 7) is 5.88. The van der Waals surface area contributed by atoms with Crippen molar-refractivity contribution in [3.8, 4) is 0 Å². The van der Waals surface area contributed by atoms with E-state index >= 15 is 0 Å². The van der Waals surface area contributed by atoms with Crippen LogP contribution in [0.5, 0.6) is 0 Å². The summed E-state index contributed by atoms with van der Waals surface area (Å²) in [6, 6.07) is 18.6. The van der Waals surface area contributed by atoms with Crippen LogP contribution in [0.25, 0.3) is 0 Å². The lowest BCUT2D eigenvalue weighted by Gasteiger charge is -2.20. The average Bonchev–Trinajstić information content (AvgIpc) is 3.26. The van der Waals surface area contributed by atoms with E-state index in [0.29, 0.717) is 18.7 Å². The summed E-state index contributed by atoms with van der Waals surface area (Å²) < 4.78 is 29.3. The van der Waals surface area contributed by atoms with Gasteiger partial charge in [0.15, 0.2) is 0 Å². The smallest absolute Gasteiger partial charge is 0.242 e. The zero-order chi connectivity index (χ0) is 25.2. The second kappa shape index (κ2) is 10.0. The van der Waals surface area contributed by atoms with Gasteiger partial charge in [0, 0.05) is 24.8 Å². The van der Waals surface area contributed by atoms with Crippen LogP contribution in [0.15, 0.2) is 71.6 Å². The summed E-state index contributed by atoms with van der Waals surface area (Å²) in [6.07, 6.45) is 0.776. The summed E-state index contributed by atoms with van der Waals surface area (Å²) in [5, 5.41) is 2.90. The van der Waals surface area contributed by atoms with Crippen molar-refractivity contribution in [1.29, 1.82) is 0 Å². The third kappa shape index (κ3) is 5.44. The molecule has 8 heteroatoms. The highest BCUT2D eigenvalue weighted by molar-refractivity contribution is 7.89. The second-order valence-corrected chi connectivity index (χ2v) is 10.5. The van der Waals surface area contributed by atoms with Crippen molar-refractivity contribution in [2.45, 2.75) is 44.6 Å². The van der Waals surface area contributed by atoms with E-state index in [0.717, 1.165) is 27.9 Å². The molecule has 1 aliphatic heterocycles. The lowest BCUT2D eigenvalue weighted by Crippen LogP contribution is -2.45. The molecule has 2 N–H and O–H groups in total. The molecule has 0 spiro atoms. The molecule has 1 heterocycles. The molecule has 0 saturated heterocycles. The Kier molecular flexibility index (Phi) is 7.05. The van der Waals surface area contributed by atoms with Gasteiger partial charge < -0.3 is 10.2 Å². The molecule has 182 valence electrons. The van der Waals surface area contributed by atoms with E-state index in [9.17, 15) is 18.0 Å². The van der Waals surface area contributed by atoms with Gasteiger partial charge in [0.05, 0.1) is 4.90 Å². The van der Waals surface area contributed by atoms with Crippen LogP contribution < -0.4 is 14.9 Å². The van der Waals surface area contributed by atoms with Crippen LogP contribution in [-0.2, 0) is 32.5 Å². The van der Waals surface area contributed by atoms with Gasteiger partial charge in [-0.2, -0.15) is 4.72 Å². The van der Waals surface area contributed by atoms with Crippen molar-refractivity contribution in [3.05, 3.63) is 89.0 Å². The Hall–Kier alpha value is -3.49. The van der Waals surface area contributed by atoms with Crippen LogP contribution in [0.3, 0.4) is 0 Å². The monoisotopic (exact) mass is 491 g/mol. The molecule has 3 aromatic rings. The topological polar surface area (TPSA) is 95.6 Å². The van der Waals surface area contributed by atoms with Gasteiger partial charge in [-0.15, -0.1) is 0 Å². The maximum Gasteiger partial charge on any atom is 0.242 e. The highest BCUT2D eigenvalue weighted by atomic mass is 32.2. The normalized spacial score (nSPS) is 13.9. The molecule has 0 bridgehead atoms. The SMILES string of the molecule is CC(=O)N1CCc2cc(S(=O)(=O)N[C@H](Cc3ccccc3)C(=O)Nc3cccc(C)c3C)ccc21. The molecule has 1 atom stereocenters. The number of carbonyl (C=O) groups excluding carboxylic acids is 2. The molecular weight excluding hydrogens is 462 g/mol. The third-order valence-corrected chi connectivity index (χ3v) is 7.87. The molecule has 7 nitrogen and oxygen atoms in total. The van der Waals surface area contributed by atoms with Gasteiger partial charge >= 0.3 is 0 Å². The molecule has 0 unspecified atom stereocenters. The van der Waals surface area contributed by atoms with Crippen LogP contribution in [0.1, 0.15) is 29.2 Å². The average molecular weight is 492 g/mol. The molecule has 0 aliphatic carbocycles. The quantitative estimate of drug-likeness (QED) is 0.526. The maximum atomic E-state index is 13.4. The highest BCUT2D eigenvalue weighted by Crippen LogP contribution is 2.30. The zero-order valence-electron chi connectivity index (χ0n) is 20.0. The Morgan fingerprint density at radius 2 is 1.74 bits per heavy atom. The van der Waals surface area contributed by atoms with Gasteiger partial charge in [0.1, 0.15) is 6.04 Å². The van der Waals surface area contributed by atoms with Crippen molar-refractivity contribution in [2.75, 3.05) is 16.8 Å². The van der Waals surface area contributed by atoms with E-state index in [2.05, 4.69) is 10.0 Å². The Morgan fingerprint density at radius 1 is 1.00 bits per heavy atom. The molecule has 3 aromatic carbocycles. The first-order chi connectivity index (χ1) is 16.7. The van der Waals surface area contributed by atoms with E-state index in [1.165, 1.54) is 13.0 Å². The van der Waals surface area contributed by atoms with E-state index in [4.69, 9.17) is 0 Å². The highest BCUT2D eigenvalue weighted by Gasteiger charge is 2.29. The molecule has 2 amide bonds. The maximum absolute atomic E-state index is 13.4. The van der Waals surface area contributed by atoms with Crippen molar-refractivity contribution in [2.24, 2.45) is 0 Å². The first-order valence-corrected chi connectivity index (χ1v) is 13.0. The molecule has 0 radical (unpaired) electrons. The number of nitrogens with zero attached hydrogens (tertiary/aromatic N) is 1. The minimum atomic E-state index is -4.01. The number of anilines is 2. The number of sulfonamides is 1. The van der Waals surface area contributed by atoms with E-state index < -0.39 is 22.0 Å². The standard InChI is InChI=1S/C27H29N3O4S/c1-18-8-7-11-24(19(18)2)28-27(32)25(16-21-9-5-4-6-10-21)29-35(33,34)23-12-13-26-22(17-23)14-15-30(26)20(3)31/h4-13,17,25,29H,14-16H2,1-3H3,(H,28,32)/t25-/m1/s1. The number of carbonyl (C=O) groups is 2. The Balaban J connectivity index is 1.61. The molecule has 4 rings (SSSR count). The molecule has 0 fully saturated rings. The fourth-order valence-corrected chi connectivity index (χ4v) is 5.52. The van der Waals surface area contributed by atoms with Gasteiger partial charge in [-0.05, 0) is 73.2 Å². The van der Waals surface area contributed by atoms with Gasteiger partial charge in [-0.25, -0.2) is 8.42 Å². The zero-order valence-corrected chi connectivity index (χ0v) is 20.9. The number of aryl methyl sites for hydroxylation is 1. The summed E-state index contributed by atoms with van der Waals surface area (Å²) in [5.74, 6) is -0.515. The summed E-state index contributed by atoms with van der Waals surface area (Å²) >= 11 is 0. The Morgan fingerprint density at radius 3 is 2.46 bits per heavy atom. The van der Waals surface area contributed by atoms with Crippen molar-refractivity contribution in [3.63, 3.8) is 0 Å². The van der Waals surface area contributed by atoms with Crippen LogP contribution in [0.2, 0.25) is 0 Å². The molecule has 1 aliphatic rings. The first-order valence-electron chi connectivity index (χ1n) is 11.5.